The highest BCUT2D eigenvalue weighted by molar-refractivity contribution is 14.0. The largest absolute Gasteiger partial charge is 0.477 e. The maximum atomic E-state index is 5.65. The maximum absolute atomic E-state index is 5.65. The first kappa shape index (κ1) is 20.0. The van der Waals surface area contributed by atoms with Crippen LogP contribution in [0.1, 0.15) is 38.2 Å². The minimum Gasteiger partial charge on any atom is -0.477 e. The number of unbranched alkanes of at least 4 members (excludes halogenated alkanes) is 1. The molecule has 1 aliphatic rings. The highest BCUT2D eigenvalue weighted by atomic mass is 127. The normalized spacial score (nSPS) is 14.1. The first-order chi connectivity index (χ1) is 10.7. The molecule has 1 aliphatic carbocycles. The van der Waals surface area contributed by atoms with Crippen LogP contribution in [0.2, 0.25) is 0 Å². The van der Waals surface area contributed by atoms with Gasteiger partial charge < -0.3 is 15.0 Å². The number of halogens is 1. The van der Waals surface area contributed by atoms with E-state index in [1.165, 1.54) is 25.7 Å². The van der Waals surface area contributed by atoms with Crippen LogP contribution in [-0.4, -0.2) is 43.1 Å². The first-order valence-corrected chi connectivity index (χ1v) is 8.22. The molecule has 1 N–H and O–H groups in total. The summed E-state index contributed by atoms with van der Waals surface area (Å²) < 4.78 is 5.65. The fourth-order valence-corrected chi connectivity index (χ4v) is 2.16. The smallest absolute Gasteiger partial charge is 0.213 e. The van der Waals surface area contributed by atoms with Gasteiger partial charge in [-0.25, -0.2) is 4.98 Å². The molecule has 1 saturated carbocycles. The van der Waals surface area contributed by atoms with E-state index in [1.807, 2.05) is 19.3 Å². The third kappa shape index (κ3) is 7.37. The van der Waals surface area contributed by atoms with Crippen LogP contribution in [0.15, 0.2) is 23.3 Å². The Labute approximate surface area is 156 Å². The zero-order valence-corrected chi connectivity index (χ0v) is 16.7. The highest BCUT2D eigenvalue weighted by Crippen LogP contribution is 2.29. The van der Waals surface area contributed by atoms with Crippen molar-refractivity contribution in [3.8, 4) is 5.88 Å². The number of hydrogen-bond donors (Lipinski definition) is 1. The van der Waals surface area contributed by atoms with Gasteiger partial charge in [-0.15, -0.1) is 24.0 Å². The van der Waals surface area contributed by atoms with Gasteiger partial charge in [0.2, 0.25) is 5.88 Å². The summed E-state index contributed by atoms with van der Waals surface area (Å²) in [4.78, 5) is 10.8. The van der Waals surface area contributed by atoms with Gasteiger partial charge in [0.25, 0.3) is 0 Å². The lowest BCUT2D eigenvalue weighted by molar-refractivity contribution is 0.288. The van der Waals surface area contributed by atoms with Crippen molar-refractivity contribution >= 4 is 29.9 Å². The summed E-state index contributed by atoms with van der Waals surface area (Å²) in [5.41, 5.74) is 1.13. The Morgan fingerprint density at radius 2 is 2.22 bits per heavy atom. The molecule has 0 amide bonds. The Morgan fingerprint density at radius 1 is 1.43 bits per heavy atom. The third-order valence-electron chi connectivity index (χ3n) is 3.83. The van der Waals surface area contributed by atoms with Crippen LogP contribution >= 0.6 is 24.0 Å². The fraction of sp³-hybridized carbons (Fsp3) is 0.647. The Balaban J connectivity index is 0.00000264. The van der Waals surface area contributed by atoms with Crippen molar-refractivity contribution in [1.82, 2.24) is 15.2 Å². The maximum Gasteiger partial charge on any atom is 0.213 e. The van der Waals surface area contributed by atoms with E-state index in [4.69, 9.17) is 4.74 Å². The van der Waals surface area contributed by atoms with E-state index < -0.39 is 0 Å². The van der Waals surface area contributed by atoms with Gasteiger partial charge in [0.05, 0.1) is 6.61 Å². The van der Waals surface area contributed by atoms with Crippen LogP contribution in [0, 0.1) is 5.92 Å². The second kappa shape index (κ2) is 10.7. The van der Waals surface area contributed by atoms with Gasteiger partial charge in [-0.05, 0) is 30.7 Å². The quantitative estimate of drug-likeness (QED) is 0.389. The predicted octanol–water partition coefficient (Wildman–Crippen LogP) is 3.30. The van der Waals surface area contributed by atoms with Crippen molar-refractivity contribution in [3.05, 3.63) is 23.9 Å². The number of rotatable bonds is 8. The second-order valence-electron chi connectivity index (χ2n) is 5.93. The highest BCUT2D eigenvalue weighted by Gasteiger charge is 2.22. The summed E-state index contributed by atoms with van der Waals surface area (Å²) in [5.74, 6) is 2.40. The van der Waals surface area contributed by atoms with Crippen molar-refractivity contribution in [1.29, 1.82) is 0 Å². The molecule has 0 aromatic carbocycles. The average molecular weight is 432 g/mol. The van der Waals surface area contributed by atoms with Gasteiger partial charge in [0.1, 0.15) is 0 Å². The monoisotopic (exact) mass is 432 g/mol. The Hall–Kier alpha value is -1.05. The molecule has 130 valence electrons. The lowest BCUT2D eigenvalue weighted by Gasteiger charge is -2.21. The molecule has 0 aliphatic heterocycles. The molecule has 1 fully saturated rings. The molecule has 1 aromatic heterocycles. The molecule has 0 bridgehead atoms. The summed E-state index contributed by atoms with van der Waals surface area (Å²) in [6.45, 7) is 4.74. The van der Waals surface area contributed by atoms with E-state index in [2.05, 4.69) is 40.2 Å². The molecule has 0 unspecified atom stereocenters. The van der Waals surface area contributed by atoms with Gasteiger partial charge in [-0.2, -0.15) is 0 Å². The van der Waals surface area contributed by atoms with Gasteiger partial charge in [0, 0.05) is 39.4 Å². The van der Waals surface area contributed by atoms with Crippen LogP contribution in [0.4, 0.5) is 0 Å². The number of hydrogen-bond acceptors (Lipinski definition) is 3. The van der Waals surface area contributed by atoms with Crippen molar-refractivity contribution in [2.45, 2.75) is 39.2 Å². The summed E-state index contributed by atoms with van der Waals surface area (Å²) in [7, 11) is 3.88. The predicted molar refractivity (Wildman–Crippen MR) is 106 cm³/mol. The van der Waals surface area contributed by atoms with Crippen molar-refractivity contribution in [3.63, 3.8) is 0 Å². The Morgan fingerprint density at radius 3 is 2.78 bits per heavy atom. The second-order valence-corrected chi connectivity index (χ2v) is 5.93. The van der Waals surface area contributed by atoms with Crippen LogP contribution < -0.4 is 10.1 Å². The van der Waals surface area contributed by atoms with E-state index in [-0.39, 0.29) is 24.0 Å². The lowest BCUT2D eigenvalue weighted by Crippen LogP contribution is -2.38. The molecule has 0 radical (unpaired) electrons. The number of aliphatic imine (C=N–C) groups is 1. The van der Waals surface area contributed by atoms with Gasteiger partial charge in [0.15, 0.2) is 5.96 Å². The van der Waals surface area contributed by atoms with Gasteiger partial charge in [-0.1, -0.05) is 19.4 Å². The van der Waals surface area contributed by atoms with Gasteiger partial charge in [-0.3, -0.25) is 4.99 Å². The number of nitrogens with one attached hydrogen (secondary N) is 1. The summed E-state index contributed by atoms with van der Waals surface area (Å²) in [6.07, 6.45) is 6.83. The zero-order valence-electron chi connectivity index (χ0n) is 14.4. The molecule has 0 atom stereocenters. The van der Waals surface area contributed by atoms with E-state index in [0.717, 1.165) is 43.0 Å². The average Bonchev–Trinajstić information content (AvgIpc) is 3.37. The summed E-state index contributed by atoms with van der Waals surface area (Å²) in [6, 6.07) is 4.00. The SMILES string of the molecule is CCCCN(C)C(=NC)NCc1ccc(OCC2CC2)nc1.I. The topological polar surface area (TPSA) is 49.8 Å². The first-order valence-electron chi connectivity index (χ1n) is 8.22. The zero-order chi connectivity index (χ0) is 15.8. The molecular weight excluding hydrogens is 403 g/mol. The molecule has 0 spiro atoms. The molecule has 1 heterocycles. The number of guanidine groups is 1. The molecule has 23 heavy (non-hydrogen) atoms. The Bertz CT molecular complexity index is 474. The number of pyridine rings is 1. The molecular formula is C17H29IN4O. The molecule has 0 saturated heterocycles. The summed E-state index contributed by atoms with van der Waals surface area (Å²) in [5, 5.41) is 3.37. The van der Waals surface area contributed by atoms with E-state index in [1.54, 1.807) is 0 Å². The number of ether oxygens (including phenoxy) is 1. The van der Waals surface area contributed by atoms with Crippen LogP contribution in [0.3, 0.4) is 0 Å². The van der Waals surface area contributed by atoms with Gasteiger partial charge >= 0.3 is 0 Å². The molecule has 5 nitrogen and oxygen atoms in total. The van der Waals surface area contributed by atoms with E-state index >= 15 is 0 Å². The van der Waals surface area contributed by atoms with Crippen LogP contribution in [0.5, 0.6) is 5.88 Å². The third-order valence-corrected chi connectivity index (χ3v) is 3.83. The van der Waals surface area contributed by atoms with Crippen LogP contribution in [0.25, 0.3) is 0 Å². The van der Waals surface area contributed by atoms with Crippen LogP contribution in [-0.2, 0) is 6.54 Å². The fourth-order valence-electron chi connectivity index (χ4n) is 2.16. The Kier molecular flexibility index (Phi) is 9.28. The van der Waals surface area contributed by atoms with E-state index in [0.29, 0.717) is 0 Å². The summed E-state index contributed by atoms with van der Waals surface area (Å²) >= 11 is 0. The number of aromatic nitrogens is 1. The van der Waals surface area contributed by atoms with E-state index in [9.17, 15) is 0 Å². The van der Waals surface area contributed by atoms with Crippen molar-refractivity contribution in [2.24, 2.45) is 10.9 Å². The lowest BCUT2D eigenvalue weighted by atomic mass is 10.3. The standard InChI is InChI=1S/C17H28N4O.HI/c1-4-5-10-21(3)17(18-2)20-12-15-8-9-16(19-11-15)22-13-14-6-7-14;/h8-9,11,14H,4-7,10,12-13H2,1-3H3,(H,18,20);1H. The molecule has 6 heteroatoms. The minimum atomic E-state index is 0. The number of nitrogens with zero attached hydrogens (tertiary/aromatic N) is 3. The molecule has 2 rings (SSSR count). The van der Waals surface area contributed by atoms with Crippen molar-refractivity contribution < 1.29 is 4.74 Å². The van der Waals surface area contributed by atoms with Crippen molar-refractivity contribution in [2.75, 3.05) is 27.2 Å². The molecule has 1 aromatic rings. The minimum absolute atomic E-state index is 0.